The van der Waals surface area contributed by atoms with Crippen molar-refractivity contribution in [2.75, 3.05) is 7.05 Å². The van der Waals surface area contributed by atoms with Crippen molar-refractivity contribution >= 4 is 11.9 Å². The molecule has 1 rings (SSSR count). The molecule has 0 aliphatic carbocycles. The van der Waals surface area contributed by atoms with Crippen LogP contribution in [0.25, 0.3) is 0 Å². The molecule has 110 valence electrons. The van der Waals surface area contributed by atoms with E-state index in [0.717, 1.165) is 10.5 Å². The molecule has 0 aliphatic heterocycles. The van der Waals surface area contributed by atoms with Gasteiger partial charge in [0.15, 0.2) is 0 Å². The maximum atomic E-state index is 12.2. The van der Waals surface area contributed by atoms with Gasteiger partial charge in [0.05, 0.1) is 6.04 Å². The van der Waals surface area contributed by atoms with Crippen LogP contribution in [0.3, 0.4) is 0 Å². The van der Waals surface area contributed by atoms with Gasteiger partial charge in [-0.25, -0.2) is 4.79 Å². The normalized spacial score (nSPS) is 12.8. The molecule has 6 heteroatoms. The van der Waals surface area contributed by atoms with Crippen molar-refractivity contribution in [1.29, 1.82) is 0 Å². The number of carboxylic acids is 1. The highest BCUT2D eigenvalue weighted by Crippen LogP contribution is 2.16. The van der Waals surface area contributed by atoms with Crippen LogP contribution in [0.5, 0.6) is 5.75 Å². The van der Waals surface area contributed by atoms with Crippen molar-refractivity contribution < 1.29 is 19.8 Å². The Hall–Kier alpha value is -2.08. The summed E-state index contributed by atoms with van der Waals surface area (Å²) in [4.78, 5) is 24.4. The summed E-state index contributed by atoms with van der Waals surface area (Å²) in [5.41, 5.74) is 5.32. The van der Waals surface area contributed by atoms with Crippen LogP contribution < -0.4 is 5.73 Å². The number of nitrogens with zero attached hydrogens (tertiary/aromatic N) is 1. The lowest BCUT2D eigenvalue weighted by Crippen LogP contribution is -2.55. The molecule has 0 heterocycles. The van der Waals surface area contributed by atoms with Gasteiger partial charge in [-0.15, -0.1) is 0 Å². The average molecular weight is 280 g/mol. The Morgan fingerprint density at radius 3 is 2.25 bits per heavy atom. The first kappa shape index (κ1) is 16.0. The van der Waals surface area contributed by atoms with E-state index >= 15 is 0 Å². The van der Waals surface area contributed by atoms with E-state index in [1.54, 1.807) is 12.1 Å². The van der Waals surface area contributed by atoms with Crippen molar-refractivity contribution in [3.63, 3.8) is 0 Å². The van der Waals surface area contributed by atoms with Crippen LogP contribution in [0.1, 0.15) is 19.4 Å². The fourth-order valence-electron chi connectivity index (χ4n) is 1.64. The number of aromatic hydroxyl groups is 1. The second kappa shape index (κ2) is 5.92. The molecular formula is C14H20N2O4. The van der Waals surface area contributed by atoms with E-state index in [1.165, 1.54) is 33.0 Å². The highest BCUT2D eigenvalue weighted by atomic mass is 16.4. The molecule has 0 spiro atoms. The van der Waals surface area contributed by atoms with E-state index < -0.39 is 23.5 Å². The number of carbonyl (C=O) groups is 2. The highest BCUT2D eigenvalue weighted by molar-refractivity contribution is 5.89. The zero-order valence-corrected chi connectivity index (χ0v) is 11.8. The number of aliphatic carboxylic acids is 1. The number of nitrogens with two attached hydrogens (primary N) is 1. The van der Waals surface area contributed by atoms with E-state index in [1.807, 2.05) is 0 Å². The third-order valence-corrected chi connectivity index (χ3v) is 3.40. The van der Waals surface area contributed by atoms with Gasteiger partial charge in [0.1, 0.15) is 11.3 Å². The van der Waals surface area contributed by atoms with Crippen LogP contribution in [0.4, 0.5) is 0 Å². The molecule has 0 aliphatic rings. The van der Waals surface area contributed by atoms with Gasteiger partial charge in [-0.3, -0.25) is 4.79 Å². The number of hydrogen-bond donors (Lipinski definition) is 3. The van der Waals surface area contributed by atoms with Gasteiger partial charge < -0.3 is 20.8 Å². The number of carbonyl (C=O) groups excluding carboxylic acids is 1. The number of amides is 1. The molecule has 0 radical (unpaired) electrons. The maximum Gasteiger partial charge on any atom is 0.329 e. The Balaban J connectivity index is 2.77. The zero-order valence-electron chi connectivity index (χ0n) is 11.8. The van der Waals surface area contributed by atoms with Crippen molar-refractivity contribution in [2.24, 2.45) is 5.73 Å². The van der Waals surface area contributed by atoms with Gasteiger partial charge in [-0.2, -0.15) is 0 Å². The molecular weight excluding hydrogens is 260 g/mol. The third-order valence-electron chi connectivity index (χ3n) is 3.40. The molecule has 1 aromatic rings. The number of carboxylic acid groups (broad SMARTS) is 1. The molecule has 0 aromatic heterocycles. The SMILES string of the molecule is CN(C(=O)[C@H](N)Cc1ccc(O)cc1)C(C)(C)C(=O)O. The summed E-state index contributed by atoms with van der Waals surface area (Å²) in [6.45, 7) is 2.89. The highest BCUT2D eigenvalue weighted by Gasteiger charge is 2.36. The Morgan fingerprint density at radius 2 is 1.80 bits per heavy atom. The molecule has 1 aromatic carbocycles. The predicted octanol–water partition coefficient (Wildman–Crippen LogP) is 0.584. The van der Waals surface area contributed by atoms with Crippen LogP contribution in [-0.4, -0.2) is 45.6 Å². The number of hydrogen-bond acceptors (Lipinski definition) is 4. The van der Waals surface area contributed by atoms with Crippen LogP contribution in [-0.2, 0) is 16.0 Å². The zero-order chi connectivity index (χ0) is 15.5. The number of phenols is 1. The molecule has 20 heavy (non-hydrogen) atoms. The molecule has 0 saturated heterocycles. The van der Waals surface area contributed by atoms with Crippen molar-refractivity contribution in [3.05, 3.63) is 29.8 Å². The maximum absolute atomic E-state index is 12.2. The van der Waals surface area contributed by atoms with Gasteiger partial charge in [0.25, 0.3) is 0 Å². The predicted molar refractivity (Wildman–Crippen MR) is 74.3 cm³/mol. The van der Waals surface area contributed by atoms with E-state index in [0.29, 0.717) is 0 Å². The standard InChI is InChI=1S/C14H20N2O4/c1-14(2,13(19)20)16(3)12(18)11(15)8-9-4-6-10(17)7-5-9/h4-7,11,17H,8,15H2,1-3H3,(H,19,20)/t11-/m1/s1. The van der Waals surface area contributed by atoms with E-state index in [-0.39, 0.29) is 12.2 Å². The van der Waals surface area contributed by atoms with Crippen molar-refractivity contribution in [1.82, 2.24) is 4.90 Å². The number of rotatable bonds is 5. The molecule has 1 amide bonds. The summed E-state index contributed by atoms with van der Waals surface area (Å²) < 4.78 is 0. The van der Waals surface area contributed by atoms with E-state index in [2.05, 4.69) is 0 Å². The largest absolute Gasteiger partial charge is 0.508 e. The summed E-state index contributed by atoms with van der Waals surface area (Å²) >= 11 is 0. The first-order chi connectivity index (χ1) is 9.16. The van der Waals surface area contributed by atoms with Gasteiger partial charge in [0.2, 0.25) is 5.91 Å². The molecule has 0 saturated carbocycles. The lowest BCUT2D eigenvalue weighted by atomic mass is 10.0. The number of phenolic OH excluding ortho intramolecular Hbond substituents is 1. The summed E-state index contributed by atoms with van der Waals surface area (Å²) in [5, 5.41) is 18.3. The Morgan fingerprint density at radius 1 is 1.30 bits per heavy atom. The molecule has 4 N–H and O–H groups in total. The fraction of sp³-hybridized carbons (Fsp3) is 0.429. The monoisotopic (exact) mass is 280 g/mol. The minimum atomic E-state index is -1.32. The molecule has 0 bridgehead atoms. The minimum Gasteiger partial charge on any atom is -0.508 e. The van der Waals surface area contributed by atoms with Gasteiger partial charge in [-0.05, 0) is 38.0 Å². The van der Waals surface area contributed by atoms with Crippen LogP contribution in [0, 0.1) is 0 Å². The van der Waals surface area contributed by atoms with Gasteiger partial charge in [-0.1, -0.05) is 12.1 Å². The van der Waals surface area contributed by atoms with Crippen molar-refractivity contribution in [3.8, 4) is 5.75 Å². The van der Waals surface area contributed by atoms with Crippen molar-refractivity contribution in [2.45, 2.75) is 31.8 Å². The second-order valence-electron chi connectivity index (χ2n) is 5.24. The number of benzene rings is 1. The average Bonchev–Trinajstić information content (AvgIpc) is 2.39. The van der Waals surface area contributed by atoms with Crippen LogP contribution in [0.2, 0.25) is 0 Å². The molecule has 0 fully saturated rings. The van der Waals surface area contributed by atoms with E-state index in [9.17, 15) is 14.7 Å². The Bertz CT molecular complexity index is 496. The lowest BCUT2D eigenvalue weighted by Gasteiger charge is -2.33. The summed E-state index contributed by atoms with van der Waals surface area (Å²) in [5.74, 6) is -1.39. The topological polar surface area (TPSA) is 104 Å². The summed E-state index contributed by atoms with van der Waals surface area (Å²) in [6, 6.07) is 5.54. The Kier molecular flexibility index (Phi) is 4.73. The fourth-order valence-corrected chi connectivity index (χ4v) is 1.64. The minimum absolute atomic E-state index is 0.137. The van der Waals surface area contributed by atoms with Gasteiger partial charge >= 0.3 is 5.97 Å². The van der Waals surface area contributed by atoms with Gasteiger partial charge in [0, 0.05) is 7.05 Å². The second-order valence-corrected chi connectivity index (χ2v) is 5.24. The molecule has 1 atom stereocenters. The Labute approximate surface area is 117 Å². The summed E-state index contributed by atoms with van der Waals surface area (Å²) in [6.07, 6.45) is 0.277. The van der Waals surface area contributed by atoms with Crippen LogP contribution in [0.15, 0.2) is 24.3 Å². The molecule has 6 nitrogen and oxygen atoms in total. The third kappa shape index (κ3) is 3.48. The number of likely N-dealkylation sites (N-methyl/N-ethyl adjacent to an activating group) is 1. The quantitative estimate of drug-likeness (QED) is 0.732. The van der Waals surface area contributed by atoms with E-state index in [4.69, 9.17) is 10.8 Å². The first-order valence-corrected chi connectivity index (χ1v) is 6.21. The lowest BCUT2D eigenvalue weighted by molar-refractivity contribution is -0.155. The summed E-state index contributed by atoms with van der Waals surface area (Å²) in [7, 11) is 1.42. The molecule has 0 unspecified atom stereocenters. The first-order valence-electron chi connectivity index (χ1n) is 6.21. The smallest absolute Gasteiger partial charge is 0.329 e. The van der Waals surface area contributed by atoms with Crippen LogP contribution >= 0.6 is 0 Å².